The van der Waals surface area contributed by atoms with Crippen molar-refractivity contribution in [1.82, 2.24) is 4.72 Å². The van der Waals surface area contributed by atoms with Crippen LogP contribution in [0, 0.1) is 11.7 Å². The summed E-state index contributed by atoms with van der Waals surface area (Å²) in [6, 6.07) is 3.30. The highest BCUT2D eigenvalue weighted by Gasteiger charge is 2.38. The van der Waals surface area contributed by atoms with Crippen LogP contribution in [0.15, 0.2) is 23.1 Å². The number of rotatable bonds is 4. The SMILES string of the molecule is CCC1CC1NS(=O)(=O)c1cc(N)cc(F)c1. The first kappa shape index (κ1) is 12.3. The van der Waals surface area contributed by atoms with Crippen LogP contribution in [0.1, 0.15) is 19.8 Å². The molecule has 94 valence electrons. The monoisotopic (exact) mass is 258 g/mol. The summed E-state index contributed by atoms with van der Waals surface area (Å²) in [5.41, 5.74) is 5.53. The average Bonchev–Trinajstić information content (AvgIpc) is 2.94. The van der Waals surface area contributed by atoms with E-state index in [4.69, 9.17) is 5.73 Å². The van der Waals surface area contributed by atoms with Gasteiger partial charge in [-0.2, -0.15) is 0 Å². The maximum absolute atomic E-state index is 13.1. The molecule has 1 fully saturated rings. The third kappa shape index (κ3) is 2.76. The van der Waals surface area contributed by atoms with Gasteiger partial charge in [0.05, 0.1) is 4.90 Å². The van der Waals surface area contributed by atoms with Crippen molar-refractivity contribution in [2.75, 3.05) is 5.73 Å². The first-order valence-corrected chi connectivity index (χ1v) is 6.99. The largest absolute Gasteiger partial charge is 0.399 e. The van der Waals surface area contributed by atoms with E-state index in [0.717, 1.165) is 25.0 Å². The van der Waals surface area contributed by atoms with Crippen LogP contribution in [0.3, 0.4) is 0 Å². The highest BCUT2D eigenvalue weighted by molar-refractivity contribution is 7.89. The van der Waals surface area contributed by atoms with Crippen LogP contribution < -0.4 is 10.5 Å². The minimum atomic E-state index is -3.66. The van der Waals surface area contributed by atoms with Gasteiger partial charge in [-0.15, -0.1) is 0 Å². The number of halogens is 1. The fourth-order valence-electron chi connectivity index (χ4n) is 1.85. The van der Waals surface area contributed by atoms with Crippen LogP contribution in [-0.2, 0) is 10.0 Å². The maximum atomic E-state index is 13.1. The molecule has 17 heavy (non-hydrogen) atoms. The quantitative estimate of drug-likeness (QED) is 0.804. The van der Waals surface area contributed by atoms with E-state index < -0.39 is 15.8 Å². The molecule has 3 N–H and O–H groups in total. The van der Waals surface area contributed by atoms with Crippen molar-refractivity contribution < 1.29 is 12.8 Å². The van der Waals surface area contributed by atoms with Gasteiger partial charge >= 0.3 is 0 Å². The second-order valence-electron chi connectivity index (χ2n) is 4.35. The number of nitrogens with one attached hydrogen (secondary N) is 1. The molecule has 1 aromatic carbocycles. The summed E-state index contributed by atoms with van der Waals surface area (Å²) in [5.74, 6) is -0.246. The Morgan fingerprint density at radius 2 is 2.18 bits per heavy atom. The Balaban J connectivity index is 2.20. The summed E-state index contributed by atoms with van der Waals surface area (Å²) in [6.45, 7) is 2.01. The molecule has 2 atom stereocenters. The molecule has 1 aromatic rings. The highest BCUT2D eigenvalue weighted by Crippen LogP contribution is 2.34. The van der Waals surface area contributed by atoms with Gasteiger partial charge in [-0.25, -0.2) is 17.5 Å². The number of sulfonamides is 1. The smallest absolute Gasteiger partial charge is 0.241 e. The van der Waals surface area contributed by atoms with Crippen molar-refractivity contribution in [3.63, 3.8) is 0 Å². The first-order chi connectivity index (χ1) is 7.92. The van der Waals surface area contributed by atoms with E-state index >= 15 is 0 Å². The molecule has 0 aliphatic heterocycles. The number of hydrogen-bond acceptors (Lipinski definition) is 3. The number of benzene rings is 1. The van der Waals surface area contributed by atoms with Crippen LogP contribution in [0.5, 0.6) is 0 Å². The van der Waals surface area contributed by atoms with Crippen molar-refractivity contribution in [2.45, 2.75) is 30.7 Å². The molecule has 1 aliphatic carbocycles. The second kappa shape index (κ2) is 4.27. The molecule has 2 unspecified atom stereocenters. The molecule has 0 radical (unpaired) electrons. The topological polar surface area (TPSA) is 72.2 Å². The third-order valence-electron chi connectivity index (χ3n) is 2.96. The van der Waals surface area contributed by atoms with E-state index in [1.807, 2.05) is 6.92 Å². The predicted molar refractivity (Wildman–Crippen MR) is 63.3 cm³/mol. The fraction of sp³-hybridized carbons (Fsp3) is 0.455. The molecule has 0 saturated heterocycles. The third-order valence-corrected chi connectivity index (χ3v) is 4.43. The Bertz CT molecular complexity index is 510. The van der Waals surface area contributed by atoms with Crippen LogP contribution in [0.2, 0.25) is 0 Å². The summed E-state index contributed by atoms with van der Waals surface area (Å²) < 4.78 is 39.5. The zero-order valence-corrected chi connectivity index (χ0v) is 10.3. The molecule has 0 amide bonds. The summed E-state index contributed by atoms with van der Waals surface area (Å²) in [7, 11) is -3.66. The van der Waals surface area contributed by atoms with Gasteiger partial charge < -0.3 is 5.73 Å². The van der Waals surface area contributed by atoms with E-state index in [1.165, 1.54) is 6.07 Å². The van der Waals surface area contributed by atoms with E-state index in [9.17, 15) is 12.8 Å². The Kier molecular flexibility index (Phi) is 3.09. The Labute approximate surface area is 100 Å². The van der Waals surface area contributed by atoms with Gasteiger partial charge in [0.15, 0.2) is 0 Å². The summed E-state index contributed by atoms with van der Waals surface area (Å²) in [5, 5.41) is 0. The van der Waals surface area contributed by atoms with Gasteiger partial charge in [0.2, 0.25) is 10.0 Å². The predicted octanol–water partition coefficient (Wildman–Crippen LogP) is 1.48. The molecule has 2 rings (SSSR count). The average molecular weight is 258 g/mol. The number of nitrogen functional groups attached to an aromatic ring is 1. The Morgan fingerprint density at radius 3 is 2.71 bits per heavy atom. The van der Waals surface area contributed by atoms with E-state index in [-0.39, 0.29) is 16.6 Å². The number of anilines is 1. The van der Waals surface area contributed by atoms with Crippen molar-refractivity contribution in [3.8, 4) is 0 Å². The molecular formula is C11H15FN2O2S. The van der Waals surface area contributed by atoms with Crippen molar-refractivity contribution in [1.29, 1.82) is 0 Å². The van der Waals surface area contributed by atoms with Gasteiger partial charge in [0.1, 0.15) is 5.82 Å². The lowest BCUT2D eigenvalue weighted by Gasteiger charge is -2.07. The molecule has 1 saturated carbocycles. The lowest BCUT2D eigenvalue weighted by atomic mass is 10.3. The lowest BCUT2D eigenvalue weighted by molar-refractivity contribution is 0.572. The summed E-state index contributed by atoms with van der Waals surface area (Å²) in [6.07, 6.45) is 1.79. The molecule has 0 heterocycles. The molecule has 0 aromatic heterocycles. The van der Waals surface area contributed by atoms with E-state index in [1.54, 1.807) is 0 Å². The summed E-state index contributed by atoms with van der Waals surface area (Å²) >= 11 is 0. The minimum absolute atomic E-state index is 0.0190. The zero-order valence-electron chi connectivity index (χ0n) is 9.48. The molecule has 0 bridgehead atoms. The normalized spacial score (nSPS) is 23.6. The fourth-order valence-corrected chi connectivity index (χ4v) is 3.23. The maximum Gasteiger partial charge on any atom is 0.241 e. The van der Waals surface area contributed by atoms with E-state index in [2.05, 4.69) is 4.72 Å². The molecule has 4 nitrogen and oxygen atoms in total. The molecule has 0 spiro atoms. The van der Waals surface area contributed by atoms with E-state index in [0.29, 0.717) is 5.92 Å². The van der Waals surface area contributed by atoms with Crippen LogP contribution in [0.4, 0.5) is 10.1 Å². The first-order valence-electron chi connectivity index (χ1n) is 5.51. The van der Waals surface area contributed by atoms with Crippen molar-refractivity contribution in [3.05, 3.63) is 24.0 Å². The summed E-state index contributed by atoms with van der Waals surface area (Å²) in [4.78, 5) is -0.114. The van der Waals surface area contributed by atoms with Crippen LogP contribution in [-0.4, -0.2) is 14.5 Å². The van der Waals surface area contributed by atoms with Gasteiger partial charge in [0, 0.05) is 11.7 Å². The Morgan fingerprint density at radius 1 is 1.47 bits per heavy atom. The van der Waals surface area contributed by atoms with Gasteiger partial charge in [-0.05, 0) is 30.5 Å². The van der Waals surface area contributed by atoms with Crippen LogP contribution in [0.25, 0.3) is 0 Å². The number of nitrogens with two attached hydrogens (primary N) is 1. The molecule has 1 aliphatic rings. The lowest BCUT2D eigenvalue weighted by Crippen LogP contribution is -2.27. The van der Waals surface area contributed by atoms with Gasteiger partial charge in [0.25, 0.3) is 0 Å². The molecular weight excluding hydrogens is 243 g/mol. The van der Waals surface area contributed by atoms with Crippen molar-refractivity contribution in [2.24, 2.45) is 5.92 Å². The highest BCUT2D eigenvalue weighted by atomic mass is 32.2. The zero-order chi connectivity index (χ0) is 12.6. The minimum Gasteiger partial charge on any atom is -0.399 e. The van der Waals surface area contributed by atoms with Crippen molar-refractivity contribution >= 4 is 15.7 Å². The second-order valence-corrected chi connectivity index (χ2v) is 6.07. The number of hydrogen-bond donors (Lipinski definition) is 2. The van der Waals surface area contributed by atoms with Gasteiger partial charge in [-0.1, -0.05) is 13.3 Å². The van der Waals surface area contributed by atoms with Gasteiger partial charge in [-0.3, -0.25) is 0 Å². The van der Waals surface area contributed by atoms with Crippen LogP contribution >= 0.6 is 0 Å². The Hall–Kier alpha value is -1.14. The standard InChI is InChI=1S/C11H15FN2O2S/c1-2-7-3-11(7)14-17(15,16)10-5-8(12)4-9(13)6-10/h4-7,11,14H,2-3,13H2,1H3. The molecule has 6 heteroatoms.